The van der Waals surface area contributed by atoms with Crippen LogP contribution in [0.15, 0.2) is 0 Å². The normalized spacial score (nSPS) is 15.8. The minimum absolute atomic E-state index is 0.339. The van der Waals surface area contributed by atoms with Crippen molar-refractivity contribution in [2.45, 2.75) is 39.3 Å². The Hall–Kier alpha value is -0.610. The average Bonchev–Trinajstić information content (AvgIpc) is 1.98. The number of hydrogen-bond acceptors (Lipinski definition) is 3. The Labute approximate surface area is 79.0 Å². The molecule has 4 nitrogen and oxygen atoms in total. The van der Waals surface area contributed by atoms with Gasteiger partial charge in [0.15, 0.2) is 0 Å². The van der Waals surface area contributed by atoms with Crippen LogP contribution < -0.4 is 5.32 Å². The summed E-state index contributed by atoms with van der Waals surface area (Å²) in [6, 6.07) is -0.596. The standard InChI is InChI=1S/C9H19NO3/c1-6(2)4-8(11)5-10-7(3)9(12)13/h6-8,10-11H,4-5H2,1-3H3,(H,12,13). The van der Waals surface area contributed by atoms with Crippen molar-refractivity contribution in [1.29, 1.82) is 0 Å². The number of hydrogen-bond donors (Lipinski definition) is 3. The Morgan fingerprint density at radius 1 is 1.38 bits per heavy atom. The first-order valence-corrected chi connectivity index (χ1v) is 4.57. The second-order valence-corrected chi connectivity index (χ2v) is 3.75. The molecule has 0 fully saturated rings. The zero-order valence-electron chi connectivity index (χ0n) is 8.45. The van der Waals surface area contributed by atoms with Gasteiger partial charge in [0.1, 0.15) is 6.04 Å². The maximum Gasteiger partial charge on any atom is 0.320 e. The number of aliphatic hydroxyl groups is 1. The maximum absolute atomic E-state index is 10.4. The van der Waals surface area contributed by atoms with Crippen molar-refractivity contribution in [2.75, 3.05) is 6.54 Å². The quantitative estimate of drug-likeness (QED) is 0.567. The van der Waals surface area contributed by atoms with Gasteiger partial charge in [0.25, 0.3) is 0 Å². The second kappa shape index (κ2) is 5.94. The van der Waals surface area contributed by atoms with Crippen LogP contribution in [0.25, 0.3) is 0 Å². The summed E-state index contributed by atoms with van der Waals surface area (Å²) in [5, 5.41) is 20.7. The second-order valence-electron chi connectivity index (χ2n) is 3.75. The third-order valence-corrected chi connectivity index (χ3v) is 1.77. The topological polar surface area (TPSA) is 69.6 Å². The molecule has 4 heteroatoms. The average molecular weight is 189 g/mol. The number of aliphatic hydroxyl groups excluding tert-OH is 1. The lowest BCUT2D eigenvalue weighted by molar-refractivity contribution is -0.139. The Bertz CT molecular complexity index is 159. The predicted molar refractivity (Wildman–Crippen MR) is 50.6 cm³/mol. The number of aliphatic carboxylic acids is 1. The maximum atomic E-state index is 10.4. The van der Waals surface area contributed by atoms with Gasteiger partial charge in [0.2, 0.25) is 0 Å². The van der Waals surface area contributed by atoms with Gasteiger partial charge in [0.05, 0.1) is 6.10 Å². The van der Waals surface area contributed by atoms with Crippen LogP contribution in [0.1, 0.15) is 27.2 Å². The van der Waals surface area contributed by atoms with Crippen LogP contribution in [0, 0.1) is 5.92 Å². The fraction of sp³-hybridized carbons (Fsp3) is 0.889. The smallest absolute Gasteiger partial charge is 0.320 e. The summed E-state index contributed by atoms with van der Waals surface area (Å²) >= 11 is 0. The summed E-state index contributed by atoms with van der Waals surface area (Å²) in [5.74, 6) is -0.464. The van der Waals surface area contributed by atoms with Gasteiger partial charge in [-0.15, -0.1) is 0 Å². The highest BCUT2D eigenvalue weighted by Gasteiger charge is 2.12. The first kappa shape index (κ1) is 12.4. The van der Waals surface area contributed by atoms with Crippen LogP contribution in [-0.4, -0.2) is 34.9 Å². The molecule has 3 N–H and O–H groups in total. The Kier molecular flexibility index (Phi) is 5.66. The molecule has 78 valence electrons. The third kappa shape index (κ3) is 6.54. The van der Waals surface area contributed by atoms with Gasteiger partial charge in [0, 0.05) is 6.54 Å². The van der Waals surface area contributed by atoms with Crippen molar-refractivity contribution >= 4 is 5.97 Å². The largest absolute Gasteiger partial charge is 0.480 e. The van der Waals surface area contributed by atoms with Gasteiger partial charge in [-0.1, -0.05) is 13.8 Å². The molecular formula is C9H19NO3. The summed E-state index contributed by atoms with van der Waals surface area (Å²) in [7, 11) is 0. The van der Waals surface area contributed by atoms with Crippen molar-refractivity contribution in [3.8, 4) is 0 Å². The molecule has 0 amide bonds. The highest BCUT2D eigenvalue weighted by molar-refractivity contribution is 5.72. The molecule has 2 atom stereocenters. The SMILES string of the molecule is CC(C)CC(O)CNC(C)C(=O)O. The highest BCUT2D eigenvalue weighted by Crippen LogP contribution is 2.03. The molecule has 0 heterocycles. The van der Waals surface area contributed by atoms with E-state index in [9.17, 15) is 9.90 Å². The predicted octanol–water partition coefficient (Wildman–Crippen LogP) is 0.456. The molecule has 0 aliphatic rings. The molecular weight excluding hydrogens is 170 g/mol. The Morgan fingerprint density at radius 2 is 1.92 bits per heavy atom. The lowest BCUT2D eigenvalue weighted by Crippen LogP contribution is -2.39. The summed E-state index contributed by atoms with van der Waals surface area (Å²) in [4.78, 5) is 10.4. The van der Waals surface area contributed by atoms with Crippen molar-refractivity contribution in [3.63, 3.8) is 0 Å². The van der Waals surface area contributed by atoms with E-state index in [2.05, 4.69) is 5.32 Å². The van der Waals surface area contributed by atoms with E-state index in [1.807, 2.05) is 13.8 Å². The molecule has 0 aliphatic heterocycles. The number of carbonyl (C=O) groups is 1. The van der Waals surface area contributed by atoms with E-state index in [0.29, 0.717) is 18.9 Å². The van der Waals surface area contributed by atoms with Crippen LogP contribution >= 0.6 is 0 Å². The Morgan fingerprint density at radius 3 is 2.31 bits per heavy atom. The van der Waals surface area contributed by atoms with E-state index in [1.54, 1.807) is 6.92 Å². The monoisotopic (exact) mass is 189 g/mol. The summed E-state index contributed by atoms with van der Waals surface area (Å²) in [5.41, 5.74) is 0. The van der Waals surface area contributed by atoms with E-state index >= 15 is 0 Å². The zero-order chi connectivity index (χ0) is 10.4. The van der Waals surface area contributed by atoms with Gasteiger partial charge in [-0.05, 0) is 19.3 Å². The highest BCUT2D eigenvalue weighted by atomic mass is 16.4. The molecule has 0 aromatic carbocycles. The zero-order valence-corrected chi connectivity index (χ0v) is 8.45. The van der Waals surface area contributed by atoms with Crippen LogP contribution in [0.2, 0.25) is 0 Å². The minimum Gasteiger partial charge on any atom is -0.480 e. The lowest BCUT2D eigenvalue weighted by atomic mass is 10.1. The van der Waals surface area contributed by atoms with Gasteiger partial charge < -0.3 is 15.5 Å². The van der Waals surface area contributed by atoms with Crippen LogP contribution in [-0.2, 0) is 4.79 Å². The molecule has 0 saturated carbocycles. The molecule has 0 rings (SSSR count). The van der Waals surface area contributed by atoms with Gasteiger partial charge >= 0.3 is 5.97 Å². The molecule has 0 aromatic heterocycles. The first-order chi connectivity index (χ1) is 5.93. The molecule has 0 saturated heterocycles. The lowest BCUT2D eigenvalue weighted by Gasteiger charge is -2.15. The van der Waals surface area contributed by atoms with E-state index in [0.717, 1.165) is 0 Å². The van der Waals surface area contributed by atoms with Crippen molar-refractivity contribution in [2.24, 2.45) is 5.92 Å². The summed E-state index contributed by atoms with van der Waals surface area (Å²) in [6.07, 6.45) is 0.237. The summed E-state index contributed by atoms with van der Waals surface area (Å²) in [6.45, 7) is 5.93. The van der Waals surface area contributed by atoms with Crippen LogP contribution in [0.4, 0.5) is 0 Å². The Balaban J connectivity index is 3.57. The van der Waals surface area contributed by atoms with Crippen molar-refractivity contribution in [3.05, 3.63) is 0 Å². The number of carboxylic acids is 1. The molecule has 0 radical (unpaired) electrons. The molecule has 0 spiro atoms. The number of rotatable bonds is 6. The molecule has 2 unspecified atom stereocenters. The van der Waals surface area contributed by atoms with Gasteiger partial charge in [-0.25, -0.2) is 0 Å². The van der Waals surface area contributed by atoms with E-state index in [4.69, 9.17) is 5.11 Å². The van der Waals surface area contributed by atoms with Crippen LogP contribution in [0.3, 0.4) is 0 Å². The van der Waals surface area contributed by atoms with Gasteiger partial charge in [-0.3, -0.25) is 4.79 Å². The van der Waals surface area contributed by atoms with E-state index in [1.165, 1.54) is 0 Å². The molecule has 0 aliphatic carbocycles. The molecule has 0 bridgehead atoms. The van der Waals surface area contributed by atoms with Crippen molar-refractivity contribution in [1.82, 2.24) is 5.32 Å². The van der Waals surface area contributed by atoms with Crippen molar-refractivity contribution < 1.29 is 15.0 Å². The van der Waals surface area contributed by atoms with E-state index in [-0.39, 0.29) is 0 Å². The molecule has 0 aromatic rings. The summed E-state index contributed by atoms with van der Waals surface area (Å²) < 4.78 is 0. The fourth-order valence-electron chi connectivity index (χ4n) is 1.03. The first-order valence-electron chi connectivity index (χ1n) is 4.57. The third-order valence-electron chi connectivity index (χ3n) is 1.77. The van der Waals surface area contributed by atoms with Crippen LogP contribution in [0.5, 0.6) is 0 Å². The van der Waals surface area contributed by atoms with Gasteiger partial charge in [-0.2, -0.15) is 0 Å². The fourth-order valence-corrected chi connectivity index (χ4v) is 1.03. The van der Waals surface area contributed by atoms with E-state index < -0.39 is 18.1 Å². The minimum atomic E-state index is -0.892. The number of nitrogens with one attached hydrogen (secondary N) is 1. The molecule has 13 heavy (non-hydrogen) atoms. The number of carboxylic acid groups (broad SMARTS) is 1.